The van der Waals surface area contributed by atoms with Crippen molar-refractivity contribution in [2.75, 3.05) is 31.7 Å². The van der Waals surface area contributed by atoms with E-state index in [1.54, 1.807) is 49.4 Å². The summed E-state index contributed by atoms with van der Waals surface area (Å²) in [4.78, 5) is 37.6. The van der Waals surface area contributed by atoms with E-state index in [9.17, 15) is 14.4 Å². The lowest BCUT2D eigenvalue weighted by Crippen LogP contribution is -2.27. The summed E-state index contributed by atoms with van der Waals surface area (Å²) < 4.78 is 22.4. The van der Waals surface area contributed by atoms with Crippen LogP contribution in [-0.4, -0.2) is 48.1 Å². The molecule has 0 bridgehead atoms. The van der Waals surface area contributed by atoms with Crippen molar-refractivity contribution in [3.8, 4) is 22.9 Å². The van der Waals surface area contributed by atoms with Crippen molar-refractivity contribution in [3.05, 3.63) is 69.6 Å². The van der Waals surface area contributed by atoms with Crippen LogP contribution in [0.3, 0.4) is 0 Å². The molecule has 1 aromatic heterocycles. The number of nitrogens with one attached hydrogen (secondary N) is 1. The molecule has 1 aliphatic rings. The fraction of sp³-hybridized carbons (Fsp3) is 0.217. The third-order valence-corrected chi connectivity index (χ3v) is 4.95. The molecule has 3 aromatic rings. The number of esters is 1. The summed E-state index contributed by atoms with van der Waals surface area (Å²) >= 11 is 6.17. The SMILES string of the molecule is CCOC(=O)c1nn(-c2ccccc2Cl)c(=O)cc1OCC(=O)Nc1ccc2c(c1)OCCO2. The molecule has 1 N–H and O–H groups in total. The molecule has 176 valence electrons. The fourth-order valence-corrected chi connectivity index (χ4v) is 3.36. The number of nitrogens with zero attached hydrogens (tertiary/aromatic N) is 2. The minimum absolute atomic E-state index is 0.0791. The third-order valence-electron chi connectivity index (χ3n) is 4.63. The van der Waals surface area contributed by atoms with Crippen LogP contribution in [0.5, 0.6) is 17.2 Å². The van der Waals surface area contributed by atoms with Crippen molar-refractivity contribution in [1.29, 1.82) is 0 Å². The zero-order valence-corrected chi connectivity index (χ0v) is 18.8. The van der Waals surface area contributed by atoms with E-state index in [0.717, 1.165) is 10.7 Å². The monoisotopic (exact) mass is 485 g/mol. The highest BCUT2D eigenvalue weighted by Crippen LogP contribution is 2.32. The quantitative estimate of drug-likeness (QED) is 0.507. The Bertz CT molecular complexity index is 1290. The van der Waals surface area contributed by atoms with Gasteiger partial charge in [-0.05, 0) is 31.2 Å². The predicted octanol–water partition coefficient (Wildman–Crippen LogP) is 2.85. The van der Waals surface area contributed by atoms with Crippen LogP contribution in [-0.2, 0) is 9.53 Å². The summed E-state index contributed by atoms with van der Waals surface area (Å²) in [5.41, 5.74) is -0.129. The molecule has 0 aliphatic carbocycles. The number of fused-ring (bicyclic) bond motifs is 1. The Morgan fingerprint density at radius 3 is 2.65 bits per heavy atom. The molecule has 0 saturated carbocycles. The Kier molecular flexibility index (Phi) is 6.98. The van der Waals surface area contributed by atoms with Crippen LogP contribution in [0.15, 0.2) is 53.3 Å². The number of rotatable bonds is 7. The van der Waals surface area contributed by atoms with Gasteiger partial charge in [0.2, 0.25) is 5.69 Å². The van der Waals surface area contributed by atoms with E-state index in [0.29, 0.717) is 30.4 Å². The first-order valence-corrected chi connectivity index (χ1v) is 10.7. The maximum Gasteiger partial charge on any atom is 0.362 e. The zero-order chi connectivity index (χ0) is 24.1. The molecule has 2 heterocycles. The average Bonchev–Trinajstić information content (AvgIpc) is 2.83. The van der Waals surface area contributed by atoms with Crippen LogP contribution in [0.25, 0.3) is 5.69 Å². The normalized spacial score (nSPS) is 12.1. The number of anilines is 1. The Labute approximate surface area is 199 Å². The van der Waals surface area contributed by atoms with Crippen LogP contribution in [0.2, 0.25) is 5.02 Å². The first-order chi connectivity index (χ1) is 16.5. The number of para-hydroxylation sites is 1. The molecular weight excluding hydrogens is 466 g/mol. The number of aromatic nitrogens is 2. The molecule has 10 nitrogen and oxygen atoms in total. The van der Waals surface area contributed by atoms with Crippen LogP contribution in [0, 0.1) is 0 Å². The topological polar surface area (TPSA) is 118 Å². The molecule has 0 atom stereocenters. The number of halogens is 1. The average molecular weight is 486 g/mol. The summed E-state index contributed by atoms with van der Waals surface area (Å²) in [5.74, 6) is -0.428. The van der Waals surface area contributed by atoms with Gasteiger partial charge in [0, 0.05) is 11.8 Å². The second-order valence-corrected chi connectivity index (χ2v) is 7.38. The minimum atomic E-state index is -0.814. The van der Waals surface area contributed by atoms with E-state index in [1.807, 2.05) is 0 Å². The molecule has 0 spiro atoms. The third kappa shape index (κ3) is 5.12. The lowest BCUT2D eigenvalue weighted by atomic mass is 10.2. The van der Waals surface area contributed by atoms with E-state index in [2.05, 4.69) is 10.4 Å². The van der Waals surface area contributed by atoms with E-state index in [4.69, 9.17) is 30.5 Å². The van der Waals surface area contributed by atoms with Crippen molar-refractivity contribution in [2.45, 2.75) is 6.92 Å². The standard InChI is InChI=1S/C23H20ClN3O7/c1-2-31-23(30)22-19(12-21(29)27(26-22)16-6-4-3-5-15(16)24)34-13-20(28)25-14-7-8-17-18(11-14)33-10-9-32-17/h3-8,11-12H,2,9-10,13H2,1H3,(H,25,28). The minimum Gasteiger partial charge on any atom is -0.486 e. The van der Waals surface area contributed by atoms with Crippen molar-refractivity contribution in [3.63, 3.8) is 0 Å². The van der Waals surface area contributed by atoms with Crippen LogP contribution >= 0.6 is 11.6 Å². The second-order valence-electron chi connectivity index (χ2n) is 6.97. The molecule has 4 rings (SSSR count). The highest BCUT2D eigenvalue weighted by molar-refractivity contribution is 6.32. The molecule has 0 unspecified atom stereocenters. The van der Waals surface area contributed by atoms with Crippen LogP contribution in [0.1, 0.15) is 17.4 Å². The van der Waals surface area contributed by atoms with Gasteiger partial charge in [0.1, 0.15) is 13.2 Å². The van der Waals surface area contributed by atoms with Crippen LogP contribution < -0.4 is 25.1 Å². The van der Waals surface area contributed by atoms with Gasteiger partial charge in [-0.1, -0.05) is 23.7 Å². The molecular formula is C23H20ClN3O7. The molecule has 1 aliphatic heterocycles. The van der Waals surface area contributed by atoms with Gasteiger partial charge in [0.25, 0.3) is 11.5 Å². The summed E-state index contributed by atoms with van der Waals surface area (Å²) in [6, 6.07) is 12.5. The van der Waals surface area contributed by atoms with Crippen molar-refractivity contribution in [1.82, 2.24) is 9.78 Å². The van der Waals surface area contributed by atoms with Gasteiger partial charge in [-0.25, -0.2) is 4.79 Å². The van der Waals surface area contributed by atoms with Crippen molar-refractivity contribution >= 4 is 29.2 Å². The zero-order valence-electron chi connectivity index (χ0n) is 18.1. The first-order valence-electron chi connectivity index (χ1n) is 10.3. The van der Waals surface area contributed by atoms with E-state index in [-0.39, 0.29) is 28.8 Å². The molecule has 0 saturated heterocycles. The van der Waals surface area contributed by atoms with Gasteiger partial charge < -0.3 is 24.3 Å². The van der Waals surface area contributed by atoms with E-state index < -0.39 is 24.0 Å². The lowest BCUT2D eigenvalue weighted by Gasteiger charge is -2.19. The molecule has 34 heavy (non-hydrogen) atoms. The smallest absolute Gasteiger partial charge is 0.362 e. The van der Waals surface area contributed by atoms with E-state index in [1.165, 1.54) is 0 Å². The number of benzene rings is 2. The van der Waals surface area contributed by atoms with Gasteiger partial charge in [-0.15, -0.1) is 0 Å². The van der Waals surface area contributed by atoms with Gasteiger partial charge in [0.05, 0.1) is 23.4 Å². The largest absolute Gasteiger partial charge is 0.486 e. The van der Waals surface area contributed by atoms with Crippen LogP contribution in [0.4, 0.5) is 5.69 Å². The van der Waals surface area contributed by atoms with Gasteiger partial charge in [-0.2, -0.15) is 9.78 Å². The Morgan fingerprint density at radius 1 is 1.12 bits per heavy atom. The van der Waals surface area contributed by atoms with Gasteiger partial charge in [-0.3, -0.25) is 9.59 Å². The summed E-state index contributed by atoms with van der Waals surface area (Å²) in [6.45, 7) is 2.09. The molecule has 1 amide bonds. The Hall–Kier alpha value is -4.05. The number of carbonyl (C=O) groups excluding carboxylic acids is 2. The van der Waals surface area contributed by atoms with Gasteiger partial charge >= 0.3 is 5.97 Å². The lowest BCUT2D eigenvalue weighted by molar-refractivity contribution is -0.118. The summed E-state index contributed by atoms with van der Waals surface area (Å²) in [5, 5.41) is 7.01. The molecule has 0 radical (unpaired) electrons. The fourth-order valence-electron chi connectivity index (χ4n) is 3.15. The highest BCUT2D eigenvalue weighted by Gasteiger charge is 2.21. The summed E-state index contributed by atoms with van der Waals surface area (Å²) in [6.07, 6.45) is 0. The molecule has 0 fully saturated rings. The molecule has 2 aromatic carbocycles. The number of ether oxygens (including phenoxy) is 4. The highest BCUT2D eigenvalue weighted by atomic mass is 35.5. The number of amides is 1. The first kappa shape index (κ1) is 23.1. The summed E-state index contributed by atoms with van der Waals surface area (Å²) in [7, 11) is 0. The number of carbonyl (C=O) groups is 2. The maximum absolute atomic E-state index is 12.7. The maximum atomic E-state index is 12.7. The van der Waals surface area contributed by atoms with Crippen molar-refractivity contribution < 1.29 is 28.5 Å². The number of hydrogen-bond donors (Lipinski definition) is 1. The molecule has 11 heteroatoms. The predicted molar refractivity (Wildman–Crippen MR) is 122 cm³/mol. The van der Waals surface area contributed by atoms with E-state index >= 15 is 0 Å². The number of hydrogen-bond acceptors (Lipinski definition) is 8. The Morgan fingerprint density at radius 2 is 1.88 bits per heavy atom. The van der Waals surface area contributed by atoms with Crippen molar-refractivity contribution in [2.24, 2.45) is 0 Å². The Balaban J connectivity index is 1.54. The second kappa shape index (κ2) is 10.3. The van der Waals surface area contributed by atoms with Gasteiger partial charge in [0.15, 0.2) is 23.9 Å².